The number of hydrogen-bond acceptors (Lipinski definition) is 3. The van der Waals surface area contributed by atoms with Crippen LogP contribution in [0.1, 0.15) is 106 Å². The van der Waals surface area contributed by atoms with Gasteiger partial charge in [0.15, 0.2) is 0 Å². The average molecular weight is 470 g/mol. The first kappa shape index (κ1) is 25.0. The van der Waals surface area contributed by atoms with E-state index in [2.05, 4.69) is 60.4 Å². The van der Waals surface area contributed by atoms with Gasteiger partial charge in [-0.1, -0.05) is 40.7 Å². The summed E-state index contributed by atoms with van der Waals surface area (Å²) in [5.41, 5.74) is 0.488. The van der Waals surface area contributed by atoms with Gasteiger partial charge in [-0.3, -0.25) is 4.99 Å². The molecule has 0 aromatic heterocycles. The molecular formula is C31H51NO2. The zero-order chi connectivity index (χ0) is 24.8. The van der Waals surface area contributed by atoms with Crippen molar-refractivity contribution in [3.8, 4) is 0 Å². The minimum absolute atomic E-state index is 0.00607. The number of allylic oxidation sites excluding steroid dienone is 1. The standard InChI is InChI=1S/C31H51NO2/c1-8-21-10-16-30(20-33)19-18-29(7)28(6)15-11-22-26(3,4)24(34)13-14-27(22,5)23(28)12-17-31(29,25(21)30)32-9-2/h8-9,21-25,33-34H,1,10-20H2,2-7H3/b32-9+/t21-,22+,23-,24+,25+,27+,28-,29+,30-,31+/m1/s1. The average Bonchev–Trinajstić information content (AvgIpc) is 3.18. The first-order valence-electron chi connectivity index (χ1n) is 14.3. The van der Waals surface area contributed by atoms with E-state index in [1.807, 2.05) is 0 Å². The van der Waals surface area contributed by atoms with E-state index in [9.17, 15) is 10.2 Å². The van der Waals surface area contributed by atoms with E-state index in [1.54, 1.807) is 0 Å². The maximum atomic E-state index is 11.0. The largest absolute Gasteiger partial charge is 0.396 e. The van der Waals surface area contributed by atoms with Crippen LogP contribution >= 0.6 is 0 Å². The summed E-state index contributed by atoms with van der Waals surface area (Å²) in [5.74, 6) is 2.10. The molecule has 0 amide bonds. The van der Waals surface area contributed by atoms with Crippen molar-refractivity contribution in [1.29, 1.82) is 0 Å². The molecule has 192 valence electrons. The van der Waals surface area contributed by atoms with Gasteiger partial charge < -0.3 is 10.2 Å². The molecule has 0 saturated heterocycles. The third-order valence-electron chi connectivity index (χ3n) is 13.7. The Morgan fingerprint density at radius 2 is 1.59 bits per heavy atom. The van der Waals surface area contributed by atoms with Crippen molar-refractivity contribution in [3.05, 3.63) is 12.7 Å². The smallest absolute Gasteiger partial charge is 0.0702 e. The summed E-state index contributed by atoms with van der Waals surface area (Å²) in [6, 6.07) is 0. The van der Waals surface area contributed by atoms with Gasteiger partial charge in [0, 0.05) is 6.61 Å². The van der Waals surface area contributed by atoms with Crippen LogP contribution in [0.15, 0.2) is 17.6 Å². The van der Waals surface area contributed by atoms with Crippen LogP contribution in [0.2, 0.25) is 0 Å². The molecule has 3 nitrogen and oxygen atoms in total. The fourth-order valence-electron chi connectivity index (χ4n) is 11.9. The molecular weight excluding hydrogens is 418 g/mol. The lowest BCUT2D eigenvalue weighted by molar-refractivity contribution is -0.255. The van der Waals surface area contributed by atoms with E-state index >= 15 is 0 Å². The van der Waals surface area contributed by atoms with Crippen LogP contribution in [-0.4, -0.2) is 34.7 Å². The first-order chi connectivity index (χ1) is 15.9. The van der Waals surface area contributed by atoms with Crippen molar-refractivity contribution in [2.75, 3.05) is 6.61 Å². The van der Waals surface area contributed by atoms with Crippen LogP contribution in [0, 0.1) is 50.7 Å². The van der Waals surface area contributed by atoms with Gasteiger partial charge >= 0.3 is 0 Å². The predicted molar refractivity (Wildman–Crippen MR) is 141 cm³/mol. The van der Waals surface area contributed by atoms with Gasteiger partial charge in [0.2, 0.25) is 0 Å². The predicted octanol–water partition coefficient (Wildman–Crippen LogP) is 6.82. The maximum absolute atomic E-state index is 11.0. The summed E-state index contributed by atoms with van der Waals surface area (Å²) < 4.78 is 0. The van der Waals surface area contributed by atoms with E-state index in [0.717, 1.165) is 38.5 Å². The molecule has 3 heteroatoms. The van der Waals surface area contributed by atoms with Gasteiger partial charge in [-0.05, 0) is 128 Å². The van der Waals surface area contributed by atoms with Crippen molar-refractivity contribution in [2.45, 2.75) is 117 Å². The summed E-state index contributed by atoms with van der Waals surface area (Å²) >= 11 is 0. The minimum atomic E-state index is -0.176. The van der Waals surface area contributed by atoms with Crippen molar-refractivity contribution in [2.24, 2.45) is 55.7 Å². The van der Waals surface area contributed by atoms with Gasteiger partial charge in [-0.25, -0.2) is 0 Å². The Balaban J connectivity index is 1.65. The van der Waals surface area contributed by atoms with Crippen molar-refractivity contribution in [1.82, 2.24) is 0 Å². The number of nitrogens with zero attached hydrogens (tertiary/aromatic N) is 1. The molecule has 5 aliphatic carbocycles. The quantitative estimate of drug-likeness (QED) is 0.352. The highest BCUT2D eigenvalue weighted by Gasteiger charge is 2.75. The molecule has 0 bridgehead atoms. The Hall–Kier alpha value is -0.670. The summed E-state index contributed by atoms with van der Waals surface area (Å²) in [4.78, 5) is 5.52. The highest BCUT2D eigenvalue weighted by atomic mass is 16.3. The van der Waals surface area contributed by atoms with Crippen LogP contribution in [0.4, 0.5) is 0 Å². The minimum Gasteiger partial charge on any atom is -0.396 e. The number of rotatable bonds is 3. The van der Waals surface area contributed by atoms with Crippen molar-refractivity contribution < 1.29 is 10.2 Å². The Labute approximate surface area is 208 Å². The summed E-state index contributed by atoms with van der Waals surface area (Å²) in [7, 11) is 0. The summed E-state index contributed by atoms with van der Waals surface area (Å²) in [6.07, 6.45) is 15.6. The Bertz CT molecular complexity index is 865. The molecule has 0 spiro atoms. The van der Waals surface area contributed by atoms with E-state index in [1.165, 1.54) is 25.7 Å². The monoisotopic (exact) mass is 469 g/mol. The van der Waals surface area contributed by atoms with Crippen LogP contribution in [0.5, 0.6) is 0 Å². The van der Waals surface area contributed by atoms with Crippen molar-refractivity contribution >= 4 is 6.21 Å². The maximum Gasteiger partial charge on any atom is 0.0702 e. The molecule has 5 fully saturated rings. The van der Waals surface area contributed by atoms with Crippen LogP contribution < -0.4 is 0 Å². The molecule has 0 aromatic rings. The molecule has 0 aliphatic heterocycles. The molecule has 5 rings (SSSR count). The van der Waals surface area contributed by atoms with Gasteiger partial charge in [-0.15, -0.1) is 6.58 Å². The second kappa shape index (κ2) is 7.67. The Morgan fingerprint density at radius 3 is 2.24 bits per heavy atom. The number of aliphatic imine (C=N–C) groups is 1. The zero-order valence-electron chi connectivity index (χ0n) is 22.9. The lowest BCUT2D eigenvalue weighted by Crippen LogP contribution is -2.72. The van der Waals surface area contributed by atoms with Crippen LogP contribution in [-0.2, 0) is 0 Å². The van der Waals surface area contributed by atoms with Crippen LogP contribution in [0.3, 0.4) is 0 Å². The summed E-state index contributed by atoms with van der Waals surface area (Å²) in [6.45, 7) is 19.2. The summed E-state index contributed by atoms with van der Waals surface area (Å²) in [5, 5.41) is 21.7. The molecule has 2 N–H and O–H groups in total. The highest BCUT2D eigenvalue weighted by molar-refractivity contribution is 5.55. The second-order valence-electron chi connectivity index (χ2n) is 14.6. The van der Waals surface area contributed by atoms with Gasteiger partial charge in [0.1, 0.15) is 0 Å². The molecule has 0 aromatic carbocycles. The highest BCUT2D eigenvalue weighted by Crippen LogP contribution is 2.79. The molecule has 34 heavy (non-hydrogen) atoms. The fraction of sp³-hybridized carbons (Fsp3) is 0.903. The van der Waals surface area contributed by atoms with E-state index < -0.39 is 0 Å². The zero-order valence-corrected chi connectivity index (χ0v) is 22.9. The third kappa shape index (κ3) is 2.70. The van der Waals surface area contributed by atoms with E-state index in [-0.39, 0.29) is 38.7 Å². The molecule has 0 radical (unpaired) electrons. The topological polar surface area (TPSA) is 52.8 Å². The van der Waals surface area contributed by atoms with Gasteiger partial charge in [0.25, 0.3) is 0 Å². The van der Waals surface area contributed by atoms with E-state index in [4.69, 9.17) is 4.99 Å². The molecule has 5 aliphatic rings. The Kier molecular flexibility index (Phi) is 5.64. The van der Waals surface area contributed by atoms with Crippen molar-refractivity contribution in [3.63, 3.8) is 0 Å². The number of fused-ring (bicyclic) bond motifs is 7. The lowest BCUT2D eigenvalue weighted by atomic mass is 9.30. The molecule has 0 heterocycles. The SMILES string of the molecule is C=C[C@@H]1CC[C@]2(CO)CC[C@]3(C)[C@](/N=C/C)(CC[C@@H]4[C@@]5(C)CC[C@H](O)C(C)(C)[C@@H]5CC[C@]43C)[C@@H]12. The second-order valence-corrected chi connectivity index (χ2v) is 14.6. The Morgan fingerprint density at radius 1 is 0.882 bits per heavy atom. The lowest BCUT2D eigenvalue weighted by Gasteiger charge is -2.75. The number of aliphatic hydroxyl groups is 2. The number of aliphatic hydroxyl groups excluding tert-OH is 2. The van der Waals surface area contributed by atoms with Gasteiger partial charge in [0.05, 0.1) is 11.6 Å². The van der Waals surface area contributed by atoms with Gasteiger partial charge in [-0.2, -0.15) is 0 Å². The van der Waals surface area contributed by atoms with E-state index in [0.29, 0.717) is 30.3 Å². The molecule has 0 unspecified atom stereocenters. The molecule has 5 saturated carbocycles. The normalized spacial score (nSPS) is 56.3. The fourth-order valence-corrected chi connectivity index (χ4v) is 11.9. The van der Waals surface area contributed by atoms with Crippen LogP contribution in [0.25, 0.3) is 0 Å². The first-order valence-corrected chi connectivity index (χ1v) is 14.3. The molecule has 10 atom stereocenters. The number of hydrogen-bond donors (Lipinski definition) is 2. The third-order valence-corrected chi connectivity index (χ3v) is 13.7.